The van der Waals surface area contributed by atoms with Crippen LogP contribution in [0.2, 0.25) is 5.15 Å². The van der Waals surface area contributed by atoms with Gasteiger partial charge in [-0.05, 0) is 47.0 Å². The third-order valence-corrected chi connectivity index (χ3v) is 5.85. The highest BCUT2D eigenvalue weighted by atomic mass is 35.5. The Bertz CT molecular complexity index is 893. The molecule has 2 aromatic carbocycles. The molecule has 0 N–H and O–H groups in total. The molecular weight excluding hydrogens is 399 g/mol. The smallest absolute Gasteiger partial charge is 0.194 e. The monoisotopic (exact) mass is 405 g/mol. The van der Waals surface area contributed by atoms with Gasteiger partial charge in [0, 0.05) is 7.92 Å². The first-order chi connectivity index (χ1) is 12.3. The predicted octanol–water partition coefficient (Wildman–Crippen LogP) is 4.33. The van der Waals surface area contributed by atoms with Crippen LogP contribution in [0.4, 0.5) is 26.3 Å². The third-order valence-electron chi connectivity index (χ3n) is 3.38. The van der Waals surface area contributed by atoms with E-state index in [1.54, 1.807) is 0 Å². The summed E-state index contributed by atoms with van der Waals surface area (Å²) < 4.78 is 81.2. The van der Waals surface area contributed by atoms with Crippen LogP contribution in [-0.4, -0.2) is 4.98 Å². The van der Waals surface area contributed by atoms with Crippen molar-refractivity contribution >= 4 is 35.6 Å². The molecule has 9 heteroatoms. The van der Waals surface area contributed by atoms with Gasteiger partial charge in [-0.15, -0.1) is 0 Å². The molecule has 1 aromatic heterocycles. The molecule has 3 aromatic rings. The lowest BCUT2D eigenvalue weighted by molar-refractivity contribution is 0.448. The van der Waals surface area contributed by atoms with E-state index in [0.29, 0.717) is 24.3 Å². The number of hydrogen-bond acceptors (Lipinski definition) is 1. The molecule has 0 amide bonds. The summed E-state index contributed by atoms with van der Waals surface area (Å²) in [6.45, 7) is 0. The van der Waals surface area contributed by atoms with Gasteiger partial charge in [0.25, 0.3) is 0 Å². The van der Waals surface area contributed by atoms with E-state index in [4.69, 9.17) is 11.6 Å². The molecule has 0 unspecified atom stereocenters. The van der Waals surface area contributed by atoms with Gasteiger partial charge < -0.3 is 0 Å². The van der Waals surface area contributed by atoms with Crippen LogP contribution in [-0.2, 0) is 0 Å². The van der Waals surface area contributed by atoms with Crippen LogP contribution >= 0.6 is 19.5 Å². The molecule has 3 rings (SSSR count). The molecule has 26 heavy (non-hydrogen) atoms. The van der Waals surface area contributed by atoms with Crippen LogP contribution in [0, 0.1) is 34.9 Å². The fourth-order valence-corrected chi connectivity index (χ4v) is 4.74. The van der Waals surface area contributed by atoms with Crippen LogP contribution in [0.1, 0.15) is 0 Å². The van der Waals surface area contributed by atoms with Crippen LogP contribution < -0.4 is 16.0 Å². The number of pyridine rings is 1. The Morgan fingerprint density at radius 1 is 0.692 bits per heavy atom. The molecule has 0 atom stereocenters. The fraction of sp³-hybridized carbons (Fsp3) is 0. The van der Waals surface area contributed by atoms with Gasteiger partial charge in [-0.2, -0.15) is 0 Å². The molecule has 0 saturated carbocycles. The highest BCUT2D eigenvalue weighted by Gasteiger charge is 2.24. The summed E-state index contributed by atoms with van der Waals surface area (Å²) in [6, 6.07) is 7.13. The van der Waals surface area contributed by atoms with Gasteiger partial charge in [-0.1, -0.05) is 17.7 Å². The zero-order chi connectivity index (χ0) is 19.0. The second-order valence-electron chi connectivity index (χ2n) is 5.10. The molecule has 0 aliphatic rings. The first-order valence-corrected chi connectivity index (χ1v) is 8.71. The summed E-state index contributed by atoms with van der Waals surface area (Å²) in [5.41, 5.74) is 0.142. The molecule has 0 fully saturated rings. The van der Waals surface area contributed by atoms with E-state index in [1.807, 2.05) is 0 Å². The zero-order valence-electron chi connectivity index (χ0n) is 12.6. The summed E-state index contributed by atoms with van der Waals surface area (Å²) in [5, 5.41) is -0.200. The van der Waals surface area contributed by atoms with Crippen molar-refractivity contribution in [3.05, 3.63) is 82.5 Å². The Labute approximate surface area is 150 Å². The van der Waals surface area contributed by atoms with Gasteiger partial charge in [0.15, 0.2) is 34.9 Å². The summed E-state index contributed by atoms with van der Waals surface area (Å²) in [7, 11) is -2.04. The quantitative estimate of drug-likeness (QED) is 0.274. The van der Waals surface area contributed by atoms with Gasteiger partial charge in [0.2, 0.25) is 0 Å². The van der Waals surface area contributed by atoms with E-state index < -0.39 is 42.8 Å². The number of rotatable bonds is 3. The molecule has 0 bridgehead atoms. The third kappa shape index (κ3) is 3.55. The van der Waals surface area contributed by atoms with Crippen LogP contribution in [0.5, 0.6) is 0 Å². The van der Waals surface area contributed by atoms with E-state index in [0.717, 1.165) is 0 Å². The van der Waals surface area contributed by atoms with E-state index in [1.165, 1.54) is 18.2 Å². The molecule has 0 aliphatic carbocycles. The summed E-state index contributed by atoms with van der Waals surface area (Å²) >= 11 is 5.82. The SMILES string of the molecule is Fc1cc(P(c2cc(F)c(F)c(F)c2)c2cccc(Cl)n2)cc(F)c1F. The van der Waals surface area contributed by atoms with Gasteiger partial charge in [0.1, 0.15) is 5.15 Å². The van der Waals surface area contributed by atoms with E-state index in [-0.39, 0.29) is 21.2 Å². The molecule has 0 aliphatic heterocycles. The van der Waals surface area contributed by atoms with Crippen molar-refractivity contribution in [3.63, 3.8) is 0 Å². The van der Waals surface area contributed by atoms with Crippen LogP contribution in [0.25, 0.3) is 0 Å². The van der Waals surface area contributed by atoms with Gasteiger partial charge in [-0.3, -0.25) is 0 Å². The van der Waals surface area contributed by atoms with Crippen molar-refractivity contribution in [1.82, 2.24) is 4.98 Å². The Balaban J connectivity index is 2.27. The van der Waals surface area contributed by atoms with Gasteiger partial charge >= 0.3 is 0 Å². The maximum atomic E-state index is 13.7. The number of nitrogens with zero attached hydrogens (tertiary/aromatic N) is 1. The van der Waals surface area contributed by atoms with Crippen molar-refractivity contribution in [2.75, 3.05) is 0 Å². The highest BCUT2D eigenvalue weighted by Crippen LogP contribution is 2.34. The lowest BCUT2D eigenvalue weighted by Gasteiger charge is -2.19. The Morgan fingerprint density at radius 3 is 1.50 bits per heavy atom. The van der Waals surface area contributed by atoms with Gasteiger partial charge in [0.05, 0.1) is 5.44 Å². The van der Waals surface area contributed by atoms with E-state index in [2.05, 4.69) is 4.98 Å². The highest BCUT2D eigenvalue weighted by molar-refractivity contribution is 7.79. The van der Waals surface area contributed by atoms with Gasteiger partial charge in [-0.25, -0.2) is 31.3 Å². The van der Waals surface area contributed by atoms with Crippen molar-refractivity contribution in [3.8, 4) is 0 Å². The largest absolute Gasteiger partial charge is 0.236 e. The fourth-order valence-electron chi connectivity index (χ4n) is 2.28. The van der Waals surface area contributed by atoms with Crippen LogP contribution in [0.3, 0.4) is 0 Å². The molecule has 1 heterocycles. The zero-order valence-corrected chi connectivity index (χ0v) is 14.2. The lowest BCUT2D eigenvalue weighted by Crippen LogP contribution is -2.25. The Kier molecular flexibility index (Phi) is 5.21. The maximum absolute atomic E-state index is 13.7. The first kappa shape index (κ1) is 18.7. The molecular formula is C17H7ClF6NP. The molecule has 0 saturated heterocycles. The Morgan fingerprint density at radius 2 is 1.12 bits per heavy atom. The van der Waals surface area contributed by atoms with Crippen molar-refractivity contribution in [1.29, 1.82) is 0 Å². The number of benzene rings is 2. The molecule has 134 valence electrons. The normalized spacial score (nSPS) is 11.2. The minimum Gasteiger partial charge on any atom is -0.236 e. The second kappa shape index (κ2) is 7.25. The lowest BCUT2D eigenvalue weighted by atomic mass is 10.3. The summed E-state index contributed by atoms with van der Waals surface area (Å²) in [4.78, 5) is 4.01. The van der Waals surface area contributed by atoms with E-state index >= 15 is 0 Å². The molecule has 0 spiro atoms. The second-order valence-corrected chi connectivity index (χ2v) is 7.65. The number of halogens is 7. The Hall–Kier alpha value is -2.11. The first-order valence-electron chi connectivity index (χ1n) is 6.99. The minimum atomic E-state index is -2.04. The summed E-state index contributed by atoms with van der Waals surface area (Å²) in [5.74, 6) is -9.26. The molecule has 1 nitrogen and oxygen atoms in total. The standard InChI is InChI=1S/C17H7ClF6NP/c18-14-2-1-3-15(25-14)26(8-4-10(19)16(23)11(20)5-8)9-6-12(21)17(24)13(22)7-9/h1-7H. The van der Waals surface area contributed by atoms with Crippen molar-refractivity contribution in [2.24, 2.45) is 0 Å². The molecule has 0 radical (unpaired) electrons. The summed E-state index contributed by atoms with van der Waals surface area (Å²) in [6.07, 6.45) is 0. The van der Waals surface area contributed by atoms with Crippen molar-refractivity contribution < 1.29 is 26.3 Å². The number of aromatic nitrogens is 1. The topological polar surface area (TPSA) is 12.9 Å². The van der Waals surface area contributed by atoms with Crippen molar-refractivity contribution in [2.45, 2.75) is 0 Å². The minimum absolute atomic E-state index is 0.0288. The average molecular weight is 406 g/mol. The predicted molar refractivity (Wildman–Crippen MR) is 87.7 cm³/mol. The number of hydrogen-bond donors (Lipinski definition) is 0. The average Bonchev–Trinajstić information content (AvgIpc) is 2.57. The maximum Gasteiger partial charge on any atom is 0.194 e. The van der Waals surface area contributed by atoms with E-state index in [9.17, 15) is 26.3 Å². The van der Waals surface area contributed by atoms with Crippen LogP contribution in [0.15, 0.2) is 42.5 Å².